The van der Waals surface area contributed by atoms with Crippen molar-refractivity contribution in [2.75, 3.05) is 6.54 Å². The van der Waals surface area contributed by atoms with Crippen molar-refractivity contribution in [1.82, 2.24) is 10.3 Å². The van der Waals surface area contributed by atoms with Crippen molar-refractivity contribution in [2.45, 2.75) is 33.2 Å². The monoisotopic (exact) mass is 338 g/mol. The first-order valence-corrected chi connectivity index (χ1v) is 8.18. The van der Waals surface area contributed by atoms with Crippen LogP contribution in [-0.4, -0.2) is 11.5 Å². The first kappa shape index (κ1) is 14.7. The van der Waals surface area contributed by atoms with Crippen LogP contribution in [0.1, 0.15) is 34.8 Å². The van der Waals surface area contributed by atoms with Gasteiger partial charge in [-0.1, -0.05) is 28.9 Å². The average Bonchev–Trinajstić information content (AvgIpc) is 2.74. The third-order valence-electron chi connectivity index (χ3n) is 3.14. The zero-order valence-electron chi connectivity index (χ0n) is 11.5. The van der Waals surface area contributed by atoms with Crippen molar-refractivity contribution in [2.24, 2.45) is 0 Å². The van der Waals surface area contributed by atoms with Gasteiger partial charge >= 0.3 is 0 Å². The predicted octanol–water partition coefficient (Wildman–Crippen LogP) is 4.42. The summed E-state index contributed by atoms with van der Waals surface area (Å²) in [4.78, 5) is 4.57. The summed E-state index contributed by atoms with van der Waals surface area (Å²) in [6.45, 7) is 7.33. The summed E-state index contributed by atoms with van der Waals surface area (Å²) in [6.07, 6.45) is 0.945. The Kier molecular flexibility index (Phi) is 5.13. The third kappa shape index (κ3) is 3.88. The molecule has 0 amide bonds. The number of aromatic nitrogens is 1. The van der Waals surface area contributed by atoms with Crippen LogP contribution in [0.15, 0.2) is 28.1 Å². The Labute approximate surface area is 127 Å². The maximum Gasteiger partial charge on any atom is 0.0897 e. The molecule has 1 aromatic carbocycles. The van der Waals surface area contributed by atoms with Crippen molar-refractivity contribution in [3.63, 3.8) is 0 Å². The average molecular weight is 339 g/mol. The molecule has 0 aliphatic carbocycles. The van der Waals surface area contributed by atoms with Crippen LogP contribution in [0.25, 0.3) is 0 Å². The second-order valence-electron chi connectivity index (χ2n) is 4.67. The van der Waals surface area contributed by atoms with Gasteiger partial charge in [0.2, 0.25) is 0 Å². The van der Waals surface area contributed by atoms with Crippen LogP contribution in [0.4, 0.5) is 0 Å². The van der Waals surface area contributed by atoms with E-state index >= 15 is 0 Å². The van der Waals surface area contributed by atoms with Crippen molar-refractivity contribution in [3.05, 3.63) is 49.9 Å². The van der Waals surface area contributed by atoms with Crippen LogP contribution in [0.3, 0.4) is 0 Å². The van der Waals surface area contributed by atoms with Gasteiger partial charge in [0.15, 0.2) is 0 Å². The fraction of sp³-hybridized carbons (Fsp3) is 0.400. The topological polar surface area (TPSA) is 24.9 Å². The number of hydrogen-bond donors (Lipinski definition) is 1. The highest BCUT2D eigenvalue weighted by atomic mass is 79.9. The highest BCUT2D eigenvalue weighted by Gasteiger charge is 2.15. The Morgan fingerprint density at radius 2 is 2.16 bits per heavy atom. The summed E-state index contributed by atoms with van der Waals surface area (Å²) in [5.41, 5.74) is 3.85. The van der Waals surface area contributed by atoms with Gasteiger partial charge in [0.05, 0.1) is 10.7 Å². The van der Waals surface area contributed by atoms with E-state index in [4.69, 9.17) is 0 Å². The lowest BCUT2D eigenvalue weighted by Gasteiger charge is -2.19. The molecule has 2 nitrogen and oxygen atoms in total. The number of thiazole rings is 1. The number of likely N-dealkylation sites (N-methyl/N-ethyl adjacent to an activating group) is 1. The molecule has 0 aliphatic rings. The standard InChI is InChI=1S/C15H19BrN2S/c1-4-17-15(8-13-9-19-11(3)18-13)14-6-5-12(16)7-10(14)2/h5-7,9,15,17H,4,8H2,1-3H3. The van der Waals surface area contributed by atoms with E-state index in [1.54, 1.807) is 11.3 Å². The molecular formula is C15H19BrN2S. The van der Waals surface area contributed by atoms with Gasteiger partial charge in [0.1, 0.15) is 0 Å². The van der Waals surface area contributed by atoms with Gasteiger partial charge < -0.3 is 5.32 Å². The lowest BCUT2D eigenvalue weighted by Crippen LogP contribution is -2.23. The summed E-state index contributed by atoms with van der Waals surface area (Å²) in [7, 11) is 0. The van der Waals surface area contributed by atoms with E-state index in [0.29, 0.717) is 6.04 Å². The molecule has 102 valence electrons. The number of nitrogens with one attached hydrogen (secondary N) is 1. The Balaban J connectivity index is 2.23. The van der Waals surface area contributed by atoms with Crippen molar-refractivity contribution in [3.8, 4) is 0 Å². The molecule has 1 aromatic heterocycles. The van der Waals surface area contributed by atoms with Crippen molar-refractivity contribution in [1.29, 1.82) is 0 Å². The van der Waals surface area contributed by atoms with Gasteiger partial charge in [-0.15, -0.1) is 11.3 Å². The first-order chi connectivity index (χ1) is 9.10. The molecular weight excluding hydrogens is 320 g/mol. The van der Waals surface area contributed by atoms with Crippen LogP contribution >= 0.6 is 27.3 Å². The number of halogens is 1. The Hall–Kier alpha value is -0.710. The molecule has 1 heterocycles. The second-order valence-corrected chi connectivity index (χ2v) is 6.65. The molecule has 4 heteroatoms. The molecule has 19 heavy (non-hydrogen) atoms. The lowest BCUT2D eigenvalue weighted by atomic mass is 9.98. The minimum Gasteiger partial charge on any atom is -0.310 e. The van der Waals surface area contributed by atoms with Crippen LogP contribution in [0.2, 0.25) is 0 Å². The molecule has 1 atom stereocenters. The molecule has 0 fully saturated rings. The largest absolute Gasteiger partial charge is 0.310 e. The van der Waals surface area contributed by atoms with E-state index < -0.39 is 0 Å². The van der Waals surface area contributed by atoms with E-state index in [-0.39, 0.29) is 0 Å². The molecule has 1 N–H and O–H groups in total. The summed E-state index contributed by atoms with van der Waals surface area (Å²) in [5, 5.41) is 6.86. The Morgan fingerprint density at radius 3 is 2.74 bits per heavy atom. The summed E-state index contributed by atoms with van der Waals surface area (Å²) in [5.74, 6) is 0. The van der Waals surface area contributed by atoms with Gasteiger partial charge in [0.25, 0.3) is 0 Å². The normalized spacial score (nSPS) is 12.6. The number of aryl methyl sites for hydroxylation is 2. The molecule has 0 aliphatic heterocycles. The highest BCUT2D eigenvalue weighted by Crippen LogP contribution is 2.25. The summed E-state index contributed by atoms with van der Waals surface area (Å²) in [6, 6.07) is 6.82. The van der Waals surface area contributed by atoms with Crippen LogP contribution in [-0.2, 0) is 6.42 Å². The first-order valence-electron chi connectivity index (χ1n) is 6.50. The molecule has 0 bridgehead atoms. The van der Waals surface area contributed by atoms with Crippen molar-refractivity contribution >= 4 is 27.3 Å². The molecule has 2 aromatic rings. The number of benzene rings is 1. The van der Waals surface area contributed by atoms with Gasteiger partial charge in [-0.25, -0.2) is 4.98 Å². The minimum absolute atomic E-state index is 0.333. The zero-order valence-corrected chi connectivity index (χ0v) is 13.9. The number of nitrogens with zero attached hydrogens (tertiary/aromatic N) is 1. The molecule has 1 unspecified atom stereocenters. The molecule has 0 spiro atoms. The van der Waals surface area contributed by atoms with E-state index in [9.17, 15) is 0 Å². The van der Waals surface area contributed by atoms with E-state index in [2.05, 4.69) is 70.6 Å². The smallest absolute Gasteiger partial charge is 0.0897 e. The fourth-order valence-electron chi connectivity index (χ4n) is 2.28. The van der Waals surface area contributed by atoms with Crippen LogP contribution < -0.4 is 5.32 Å². The van der Waals surface area contributed by atoms with E-state index in [1.807, 2.05) is 0 Å². The van der Waals surface area contributed by atoms with Crippen LogP contribution in [0, 0.1) is 13.8 Å². The quantitative estimate of drug-likeness (QED) is 0.872. The van der Waals surface area contributed by atoms with Gasteiger partial charge in [-0.3, -0.25) is 0 Å². The minimum atomic E-state index is 0.333. The van der Waals surface area contributed by atoms with Crippen molar-refractivity contribution < 1.29 is 0 Å². The van der Waals surface area contributed by atoms with Gasteiger partial charge in [0, 0.05) is 22.3 Å². The summed E-state index contributed by atoms with van der Waals surface area (Å²) >= 11 is 5.24. The Morgan fingerprint density at radius 1 is 1.37 bits per heavy atom. The van der Waals surface area contributed by atoms with Gasteiger partial charge in [-0.2, -0.15) is 0 Å². The molecule has 0 radical (unpaired) electrons. The molecule has 2 rings (SSSR count). The summed E-state index contributed by atoms with van der Waals surface area (Å²) < 4.78 is 1.13. The molecule has 0 saturated carbocycles. The Bertz CT molecular complexity index is 551. The van der Waals surface area contributed by atoms with E-state index in [1.165, 1.54) is 16.8 Å². The maximum atomic E-state index is 4.57. The highest BCUT2D eigenvalue weighted by molar-refractivity contribution is 9.10. The second kappa shape index (κ2) is 6.64. The number of hydrogen-bond acceptors (Lipinski definition) is 3. The molecule has 0 saturated heterocycles. The van der Waals surface area contributed by atoms with E-state index in [0.717, 1.165) is 22.4 Å². The fourth-order valence-corrected chi connectivity index (χ4v) is 3.38. The van der Waals surface area contributed by atoms with Gasteiger partial charge in [-0.05, 0) is 43.7 Å². The lowest BCUT2D eigenvalue weighted by molar-refractivity contribution is 0.542. The third-order valence-corrected chi connectivity index (χ3v) is 4.45. The zero-order chi connectivity index (χ0) is 13.8. The van der Waals surface area contributed by atoms with Crippen LogP contribution in [0.5, 0.6) is 0 Å². The SMILES string of the molecule is CCNC(Cc1csc(C)n1)c1ccc(Br)cc1C. The number of rotatable bonds is 5. The predicted molar refractivity (Wildman–Crippen MR) is 85.9 cm³/mol. The maximum absolute atomic E-state index is 4.57.